The van der Waals surface area contributed by atoms with Crippen LogP contribution in [0.1, 0.15) is 16.7 Å². The molecule has 4 rings (SSSR count). The van der Waals surface area contributed by atoms with Gasteiger partial charge in [-0.15, -0.1) is 11.8 Å². The Bertz CT molecular complexity index is 1420. The molecule has 184 valence electrons. The summed E-state index contributed by atoms with van der Waals surface area (Å²) in [7, 11) is -3.95. The molecule has 4 aromatic rings. The van der Waals surface area contributed by atoms with Crippen LogP contribution in [0.5, 0.6) is 0 Å². The largest absolute Gasteiger partial charge is 0.325 e. The molecule has 0 unspecified atom stereocenters. The maximum atomic E-state index is 13.6. The smallest absolute Gasteiger partial charge is 0.264 e. The lowest BCUT2D eigenvalue weighted by atomic mass is 10.1. The number of nitrogens with zero attached hydrogens (tertiary/aromatic N) is 1. The number of aryl methyl sites for hydroxylation is 2. The highest BCUT2D eigenvalue weighted by molar-refractivity contribution is 7.98. The third kappa shape index (κ3) is 6.36. The fraction of sp³-hybridized carbons (Fsp3) is 0.138. The highest BCUT2D eigenvalue weighted by atomic mass is 32.2. The first-order valence-electron chi connectivity index (χ1n) is 11.5. The molecule has 0 heterocycles. The minimum atomic E-state index is -3.95. The molecule has 0 aromatic heterocycles. The molecule has 7 heteroatoms. The molecule has 0 fully saturated rings. The van der Waals surface area contributed by atoms with Crippen molar-refractivity contribution in [2.75, 3.05) is 16.2 Å². The van der Waals surface area contributed by atoms with E-state index in [4.69, 9.17) is 0 Å². The molecule has 5 nitrogen and oxygen atoms in total. The Hall–Kier alpha value is -3.55. The number of thioether (sulfide) groups is 1. The molecule has 1 amide bonds. The van der Waals surface area contributed by atoms with Crippen LogP contribution in [0.2, 0.25) is 0 Å². The molecule has 0 spiro atoms. The number of nitrogens with one attached hydrogen (secondary N) is 1. The first-order chi connectivity index (χ1) is 17.3. The van der Waals surface area contributed by atoms with Gasteiger partial charge in [0.15, 0.2) is 0 Å². The van der Waals surface area contributed by atoms with Crippen molar-refractivity contribution in [3.63, 3.8) is 0 Å². The van der Waals surface area contributed by atoms with Gasteiger partial charge in [-0.3, -0.25) is 9.10 Å². The summed E-state index contributed by atoms with van der Waals surface area (Å²) < 4.78 is 28.3. The summed E-state index contributed by atoms with van der Waals surface area (Å²) in [4.78, 5) is 14.4. The first kappa shape index (κ1) is 25.5. The van der Waals surface area contributed by atoms with Crippen LogP contribution in [0, 0.1) is 13.8 Å². The van der Waals surface area contributed by atoms with Crippen LogP contribution in [0.3, 0.4) is 0 Å². The fourth-order valence-electron chi connectivity index (χ4n) is 3.71. The van der Waals surface area contributed by atoms with E-state index in [1.54, 1.807) is 36.0 Å². The van der Waals surface area contributed by atoms with Crippen molar-refractivity contribution < 1.29 is 13.2 Å². The standard InChI is InChI=1S/C29H28N2O3S2/c1-22-13-14-23(2)28(19-22)31(36(33,34)27-11-7-4-8-12-27)20-29(32)30-25-17-15-24(16-18-25)21-35-26-9-5-3-6-10-26/h3-19H,20-21H2,1-2H3,(H,30,32). The SMILES string of the molecule is Cc1ccc(C)c(N(CC(=O)Nc2ccc(CSc3ccccc3)cc2)S(=O)(=O)c2ccccc2)c1. The zero-order chi connectivity index (χ0) is 25.5. The lowest BCUT2D eigenvalue weighted by Gasteiger charge is -2.26. The number of rotatable bonds is 9. The van der Waals surface area contributed by atoms with E-state index in [1.165, 1.54) is 21.3 Å². The number of carbonyl (C=O) groups excluding carboxylic acids is 1. The van der Waals surface area contributed by atoms with E-state index in [-0.39, 0.29) is 11.4 Å². The van der Waals surface area contributed by atoms with Crippen molar-refractivity contribution in [3.8, 4) is 0 Å². The maximum Gasteiger partial charge on any atom is 0.264 e. The minimum Gasteiger partial charge on any atom is -0.325 e. The van der Waals surface area contributed by atoms with Gasteiger partial charge >= 0.3 is 0 Å². The van der Waals surface area contributed by atoms with Crippen LogP contribution < -0.4 is 9.62 Å². The number of amides is 1. The molecule has 4 aromatic carbocycles. The molecule has 0 aliphatic carbocycles. The Morgan fingerprint density at radius 2 is 1.47 bits per heavy atom. The molecule has 0 atom stereocenters. The van der Waals surface area contributed by atoms with Gasteiger partial charge in [0.05, 0.1) is 10.6 Å². The Morgan fingerprint density at radius 3 is 2.14 bits per heavy atom. The van der Waals surface area contributed by atoms with Gasteiger partial charge in [0.1, 0.15) is 6.54 Å². The highest BCUT2D eigenvalue weighted by Gasteiger charge is 2.28. The van der Waals surface area contributed by atoms with Gasteiger partial charge in [-0.05, 0) is 73.0 Å². The Morgan fingerprint density at radius 1 is 0.833 bits per heavy atom. The Labute approximate surface area is 217 Å². The summed E-state index contributed by atoms with van der Waals surface area (Å²) in [5.74, 6) is 0.398. The van der Waals surface area contributed by atoms with Gasteiger partial charge in [-0.2, -0.15) is 0 Å². The van der Waals surface area contributed by atoms with E-state index < -0.39 is 15.9 Å². The fourth-order valence-corrected chi connectivity index (χ4v) is 6.08. The van der Waals surface area contributed by atoms with Gasteiger partial charge in [-0.25, -0.2) is 8.42 Å². The van der Waals surface area contributed by atoms with E-state index in [9.17, 15) is 13.2 Å². The summed E-state index contributed by atoms with van der Waals surface area (Å²) in [6, 6.07) is 31.5. The zero-order valence-corrected chi connectivity index (χ0v) is 21.9. The van der Waals surface area contributed by atoms with Crippen molar-refractivity contribution in [2.45, 2.75) is 29.4 Å². The van der Waals surface area contributed by atoms with E-state index in [2.05, 4.69) is 17.4 Å². The normalized spacial score (nSPS) is 11.2. The number of anilines is 2. The topological polar surface area (TPSA) is 66.5 Å². The highest BCUT2D eigenvalue weighted by Crippen LogP contribution is 2.28. The van der Waals surface area contributed by atoms with E-state index in [0.29, 0.717) is 11.4 Å². The average Bonchev–Trinajstić information content (AvgIpc) is 2.89. The molecular weight excluding hydrogens is 488 g/mol. The average molecular weight is 517 g/mol. The molecule has 1 N–H and O–H groups in total. The third-order valence-electron chi connectivity index (χ3n) is 5.64. The van der Waals surface area contributed by atoms with E-state index in [1.807, 2.05) is 68.4 Å². The third-order valence-corrected chi connectivity index (χ3v) is 8.50. The molecule has 0 radical (unpaired) electrons. The molecule has 0 bridgehead atoms. The quantitative estimate of drug-likeness (QED) is 0.260. The predicted molar refractivity (Wildman–Crippen MR) is 148 cm³/mol. The molecular formula is C29H28N2O3S2. The van der Waals surface area contributed by atoms with Crippen molar-refractivity contribution in [3.05, 3.63) is 120 Å². The van der Waals surface area contributed by atoms with Crippen molar-refractivity contribution >= 4 is 39.1 Å². The van der Waals surface area contributed by atoms with Crippen LogP contribution in [-0.2, 0) is 20.6 Å². The summed E-state index contributed by atoms with van der Waals surface area (Å²) in [6.07, 6.45) is 0. The lowest BCUT2D eigenvalue weighted by Crippen LogP contribution is -2.38. The second kappa shape index (κ2) is 11.5. The van der Waals surface area contributed by atoms with Crippen molar-refractivity contribution in [2.24, 2.45) is 0 Å². The van der Waals surface area contributed by atoms with Gasteiger partial charge in [-0.1, -0.05) is 60.7 Å². The van der Waals surface area contributed by atoms with Crippen molar-refractivity contribution in [1.82, 2.24) is 0 Å². The minimum absolute atomic E-state index is 0.138. The van der Waals surface area contributed by atoms with Gasteiger partial charge in [0.25, 0.3) is 10.0 Å². The lowest BCUT2D eigenvalue weighted by molar-refractivity contribution is -0.114. The number of carbonyl (C=O) groups is 1. The molecule has 0 saturated carbocycles. The summed E-state index contributed by atoms with van der Waals surface area (Å²) in [5.41, 5.74) is 3.92. The van der Waals surface area contributed by atoms with Crippen molar-refractivity contribution in [1.29, 1.82) is 0 Å². The van der Waals surface area contributed by atoms with Crippen LogP contribution in [0.4, 0.5) is 11.4 Å². The monoisotopic (exact) mass is 516 g/mol. The second-order valence-corrected chi connectivity index (χ2v) is 11.4. The van der Waals surface area contributed by atoms with Gasteiger partial charge in [0, 0.05) is 16.3 Å². The summed E-state index contributed by atoms with van der Waals surface area (Å²) >= 11 is 1.74. The number of sulfonamides is 1. The number of hydrogen-bond donors (Lipinski definition) is 1. The Balaban J connectivity index is 1.50. The molecule has 36 heavy (non-hydrogen) atoms. The van der Waals surface area contributed by atoms with Crippen LogP contribution in [0.25, 0.3) is 0 Å². The number of benzene rings is 4. The summed E-state index contributed by atoms with van der Waals surface area (Å²) in [6.45, 7) is 3.40. The maximum absolute atomic E-state index is 13.6. The van der Waals surface area contributed by atoms with Gasteiger partial charge < -0.3 is 5.32 Å². The molecule has 0 saturated heterocycles. The molecule has 0 aliphatic heterocycles. The zero-order valence-electron chi connectivity index (χ0n) is 20.2. The number of hydrogen-bond acceptors (Lipinski definition) is 4. The van der Waals surface area contributed by atoms with Crippen LogP contribution in [0.15, 0.2) is 113 Å². The van der Waals surface area contributed by atoms with E-state index in [0.717, 1.165) is 22.4 Å². The Kier molecular flexibility index (Phi) is 8.13. The predicted octanol–water partition coefficient (Wildman–Crippen LogP) is 6.43. The molecule has 0 aliphatic rings. The summed E-state index contributed by atoms with van der Waals surface area (Å²) in [5, 5.41) is 2.85. The van der Waals surface area contributed by atoms with E-state index >= 15 is 0 Å². The van der Waals surface area contributed by atoms with Gasteiger partial charge in [0.2, 0.25) is 5.91 Å². The van der Waals surface area contributed by atoms with Crippen LogP contribution in [-0.4, -0.2) is 20.9 Å². The second-order valence-electron chi connectivity index (χ2n) is 8.46. The van der Waals surface area contributed by atoms with Crippen LogP contribution >= 0.6 is 11.8 Å². The first-order valence-corrected chi connectivity index (χ1v) is 14.0.